The summed E-state index contributed by atoms with van der Waals surface area (Å²) >= 11 is 0. The largest absolute Gasteiger partial charge is 0.472 e. The molecule has 1 N–H and O–H groups in total. The average Bonchev–Trinajstić information content (AvgIpc) is 2.45. The normalized spacial score (nSPS) is 10.7. The van der Waals surface area contributed by atoms with Gasteiger partial charge in [-0.25, -0.2) is 4.98 Å². The Morgan fingerprint density at radius 1 is 1.11 bits per heavy atom. The van der Waals surface area contributed by atoms with E-state index in [-0.39, 0.29) is 6.61 Å². The average molecular weight is 242 g/mol. The minimum absolute atomic E-state index is 0.110. The fourth-order valence-electron chi connectivity index (χ4n) is 1.38. The summed E-state index contributed by atoms with van der Waals surface area (Å²) in [5, 5.41) is 8.81. The van der Waals surface area contributed by atoms with Crippen molar-refractivity contribution in [2.45, 2.75) is 6.61 Å². The number of aliphatic hydroxyl groups excluding tert-OH is 1. The van der Waals surface area contributed by atoms with Crippen LogP contribution in [0.1, 0.15) is 11.3 Å². The molecule has 18 heavy (non-hydrogen) atoms. The number of hydrogen-bond acceptors (Lipinski definition) is 4. The molecule has 4 heteroatoms. The molecule has 0 radical (unpaired) electrons. The van der Waals surface area contributed by atoms with Gasteiger partial charge in [0.1, 0.15) is 6.61 Å². The number of nitrogens with zero attached hydrogens (tertiary/aromatic N) is 2. The van der Waals surface area contributed by atoms with Gasteiger partial charge in [0, 0.05) is 0 Å². The number of hydrogen-bond donors (Lipinski definition) is 1. The van der Waals surface area contributed by atoms with E-state index in [2.05, 4.69) is 9.97 Å². The van der Waals surface area contributed by atoms with Crippen LogP contribution in [0.15, 0.2) is 48.8 Å². The summed E-state index contributed by atoms with van der Waals surface area (Å²) in [6.07, 6.45) is 6.89. The van der Waals surface area contributed by atoms with E-state index in [1.165, 1.54) is 12.4 Å². The lowest BCUT2D eigenvalue weighted by molar-refractivity contribution is 0.275. The second-order valence-electron chi connectivity index (χ2n) is 3.63. The van der Waals surface area contributed by atoms with E-state index >= 15 is 0 Å². The first-order chi connectivity index (χ1) is 8.88. The molecule has 4 nitrogen and oxygen atoms in total. The molecular weight excluding hydrogens is 228 g/mol. The Kier molecular flexibility index (Phi) is 4.44. The van der Waals surface area contributed by atoms with Crippen LogP contribution < -0.4 is 4.74 Å². The van der Waals surface area contributed by atoms with Gasteiger partial charge < -0.3 is 9.84 Å². The maximum Gasteiger partial charge on any atom is 0.232 e. The first-order valence-corrected chi connectivity index (χ1v) is 5.64. The summed E-state index contributed by atoms with van der Waals surface area (Å²) in [4.78, 5) is 7.99. The Morgan fingerprint density at radius 3 is 2.61 bits per heavy atom. The highest BCUT2D eigenvalue weighted by molar-refractivity contribution is 5.48. The molecule has 0 aliphatic carbocycles. The molecule has 2 aromatic rings. The third-order valence-electron chi connectivity index (χ3n) is 2.28. The van der Waals surface area contributed by atoms with Crippen LogP contribution in [-0.2, 0) is 6.61 Å². The van der Waals surface area contributed by atoms with E-state index in [1.54, 1.807) is 0 Å². The number of aromatic nitrogens is 2. The predicted octanol–water partition coefficient (Wildman–Crippen LogP) is 2.06. The number of benzene rings is 1. The summed E-state index contributed by atoms with van der Waals surface area (Å²) in [6.45, 7) is 0.323. The second kappa shape index (κ2) is 6.51. The highest BCUT2D eigenvalue weighted by Crippen LogP contribution is 2.05. The zero-order valence-electron chi connectivity index (χ0n) is 9.86. The van der Waals surface area contributed by atoms with Gasteiger partial charge in [-0.2, -0.15) is 0 Å². The van der Waals surface area contributed by atoms with Crippen LogP contribution in [0.4, 0.5) is 0 Å². The number of ether oxygens (including phenoxy) is 1. The topological polar surface area (TPSA) is 55.2 Å². The molecule has 1 aromatic heterocycles. The molecule has 0 amide bonds. The van der Waals surface area contributed by atoms with Crippen LogP contribution in [0.25, 0.3) is 6.08 Å². The van der Waals surface area contributed by atoms with Crippen LogP contribution >= 0.6 is 0 Å². The van der Waals surface area contributed by atoms with Gasteiger partial charge >= 0.3 is 0 Å². The third-order valence-corrected chi connectivity index (χ3v) is 2.28. The van der Waals surface area contributed by atoms with E-state index in [0.29, 0.717) is 18.2 Å². The number of aliphatic hydroxyl groups is 1. The van der Waals surface area contributed by atoms with Crippen molar-refractivity contribution in [3.05, 3.63) is 60.1 Å². The van der Waals surface area contributed by atoms with Gasteiger partial charge in [-0.15, -0.1) is 0 Å². The molecule has 0 atom stereocenters. The van der Waals surface area contributed by atoms with Crippen molar-refractivity contribution in [3.8, 4) is 5.88 Å². The fraction of sp³-hybridized carbons (Fsp3) is 0.143. The van der Waals surface area contributed by atoms with Crippen molar-refractivity contribution in [3.63, 3.8) is 0 Å². The Balaban J connectivity index is 1.83. The zero-order chi connectivity index (χ0) is 12.6. The molecule has 0 aliphatic heterocycles. The standard InChI is InChI=1S/C14H14N2O2/c17-11-13-9-16-14(10-15-13)18-8-4-7-12-5-2-1-3-6-12/h1-7,9-10,17H,8,11H2/b7-4+. The van der Waals surface area contributed by atoms with Gasteiger partial charge in [-0.1, -0.05) is 36.4 Å². The molecule has 0 bridgehead atoms. The van der Waals surface area contributed by atoms with Gasteiger partial charge in [0.05, 0.1) is 24.7 Å². The van der Waals surface area contributed by atoms with Crippen molar-refractivity contribution in [2.75, 3.05) is 6.61 Å². The predicted molar refractivity (Wildman–Crippen MR) is 68.9 cm³/mol. The van der Waals surface area contributed by atoms with Gasteiger partial charge in [-0.3, -0.25) is 4.98 Å². The first kappa shape index (κ1) is 12.3. The highest BCUT2D eigenvalue weighted by atomic mass is 16.5. The van der Waals surface area contributed by atoms with E-state index < -0.39 is 0 Å². The van der Waals surface area contributed by atoms with Crippen LogP contribution in [0.3, 0.4) is 0 Å². The van der Waals surface area contributed by atoms with Gasteiger partial charge in [0.25, 0.3) is 0 Å². The van der Waals surface area contributed by atoms with E-state index in [9.17, 15) is 0 Å². The third kappa shape index (κ3) is 3.68. The summed E-state index contributed by atoms with van der Waals surface area (Å²) in [7, 11) is 0. The molecule has 0 unspecified atom stereocenters. The Labute approximate surface area is 106 Å². The van der Waals surface area contributed by atoms with Crippen molar-refractivity contribution in [1.29, 1.82) is 0 Å². The van der Waals surface area contributed by atoms with Crippen LogP contribution in [0, 0.1) is 0 Å². The first-order valence-electron chi connectivity index (χ1n) is 5.64. The molecule has 0 fully saturated rings. The Morgan fingerprint density at radius 2 is 1.94 bits per heavy atom. The minimum atomic E-state index is -0.110. The highest BCUT2D eigenvalue weighted by Gasteiger charge is 1.95. The van der Waals surface area contributed by atoms with Crippen LogP contribution in [0.2, 0.25) is 0 Å². The monoisotopic (exact) mass is 242 g/mol. The van der Waals surface area contributed by atoms with Crippen molar-refractivity contribution < 1.29 is 9.84 Å². The molecular formula is C14H14N2O2. The molecule has 0 saturated carbocycles. The van der Waals surface area contributed by atoms with E-state index in [4.69, 9.17) is 9.84 Å². The van der Waals surface area contributed by atoms with Crippen LogP contribution in [0.5, 0.6) is 5.88 Å². The van der Waals surface area contributed by atoms with Gasteiger partial charge in [0.2, 0.25) is 5.88 Å². The Hall–Kier alpha value is -2.20. The zero-order valence-corrected chi connectivity index (χ0v) is 9.86. The molecule has 92 valence electrons. The molecule has 1 heterocycles. The maximum atomic E-state index is 8.81. The molecule has 1 aromatic carbocycles. The SMILES string of the molecule is OCc1cnc(OC/C=C/c2ccccc2)cn1. The molecule has 0 spiro atoms. The smallest absolute Gasteiger partial charge is 0.232 e. The van der Waals surface area contributed by atoms with Crippen LogP contribution in [-0.4, -0.2) is 21.7 Å². The summed E-state index contributed by atoms with van der Waals surface area (Å²) in [5.41, 5.74) is 1.66. The molecule has 2 rings (SSSR count). The lowest BCUT2D eigenvalue weighted by atomic mass is 10.2. The van der Waals surface area contributed by atoms with Gasteiger partial charge in [0.15, 0.2) is 0 Å². The van der Waals surface area contributed by atoms with Gasteiger partial charge in [-0.05, 0) is 11.6 Å². The molecule has 0 aliphatic rings. The van der Waals surface area contributed by atoms with Crippen molar-refractivity contribution in [1.82, 2.24) is 9.97 Å². The quantitative estimate of drug-likeness (QED) is 0.872. The van der Waals surface area contributed by atoms with Crippen molar-refractivity contribution in [2.24, 2.45) is 0 Å². The van der Waals surface area contributed by atoms with E-state index in [0.717, 1.165) is 5.56 Å². The lowest BCUT2D eigenvalue weighted by Gasteiger charge is -2.01. The lowest BCUT2D eigenvalue weighted by Crippen LogP contribution is -1.98. The molecule has 0 saturated heterocycles. The summed E-state index contributed by atoms with van der Waals surface area (Å²) in [5.74, 6) is 0.449. The minimum Gasteiger partial charge on any atom is -0.472 e. The number of rotatable bonds is 5. The Bertz CT molecular complexity index is 495. The second-order valence-corrected chi connectivity index (χ2v) is 3.63. The fourth-order valence-corrected chi connectivity index (χ4v) is 1.38. The van der Waals surface area contributed by atoms with E-state index in [1.807, 2.05) is 42.5 Å². The maximum absolute atomic E-state index is 8.81. The summed E-state index contributed by atoms with van der Waals surface area (Å²) in [6, 6.07) is 9.99. The van der Waals surface area contributed by atoms with Crippen molar-refractivity contribution >= 4 is 6.08 Å². The summed E-state index contributed by atoms with van der Waals surface area (Å²) < 4.78 is 5.39.